The standard InChI is InChI=1S/C15H18N2O2/c1-10-7-14(11(2)17(10)13-3-4-13)15(18)16-8-12-5-6-19-9-12/h5-7,9,13H,3-4,8H2,1-2H3,(H,16,18). The Hall–Kier alpha value is -1.97. The first-order chi connectivity index (χ1) is 9.16. The Morgan fingerprint density at radius 2 is 2.26 bits per heavy atom. The molecular formula is C15H18N2O2. The molecule has 0 aromatic carbocycles. The maximum Gasteiger partial charge on any atom is 0.253 e. The van der Waals surface area contributed by atoms with Gasteiger partial charge in [-0.25, -0.2) is 0 Å². The summed E-state index contributed by atoms with van der Waals surface area (Å²) in [4.78, 5) is 12.2. The highest BCUT2D eigenvalue weighted by molar-refractivity contribution is 5.95. The lowest BCUT2D eigenvalue weighted by molar-refractivity contribution is 0.0950. The van der Waals surface area contributed by atoms with Gasteiger partial charge in [-0.3, -0.25) is 4.79 Å². The van der Waals surface area contributed by atoms with Gasteiger partial charge in [-0.05, 0) is 38.8 Å². The fraction of sp³-hybridized carbons (Fsp3) is 0.400. The average Bonchev–Trinajstić information content (AvgIpc) is 2.98. The lowest BCUT2D eigenvalue weighted by atomic mass is 10.2. The van der Waals surface area contributed by atoms with E-state index in [-0.39, 0.29) is 5.91 Å². The number of furan rings is 1. The SMILES string of the molecule is Cc1cc(C(=O)NCc2ccoc2)c(C)n1C1CC1. The fourth-order valence-corrected chi connectivity index (χ4v) is 2.57. The second kappa shape index (κ2) is 4.61. The van der Waals surface area contributed by atoms with Gasteiger partial charge in [-0.15, -0.1) is 0 Å². The number of aryl methyl sites for hydroxylation is 1. The molecule has 1 aliphatic rings. The summed E-state index contributed by atoms with van der Waals surface area (Å²) in [7, 11) is 0. The number of carbonyl (C=O) groups is 1. The van der Waals surface area contributed by atoms with Crippen molar-refractivity contribution in [1.29, 1.82) is 0 Å². The van der Waals surface area contributed by atoms with Crippen molar-refractivity contribution in [3.05, 3.63) is 47.2 Å². The molecule has 1 amide bonds. The molecule has 3 rings (SSSR count). The van der Waals surface area contributed by atoms with Crippen molar-refractivity contribution in [2.75, 3.05) is 0 Å². The third kappa shape index (κ3) is 2.30. The van der Waals surface area contributed by atoms with Gasteiger partial charge in [0.1, 0.15) is 0 Å². The van der Waals surface area contributed by atoms with Crippen molar-refractivity contribution in [2.24, 2.45) is 0 Å². The predicted octanol–water partition coefficient (Wildman–Crippen LogP) is 2.96. The van der Waals surface area contributed by atoms with Crippen LogP contribution in [0.25, 0.3) is 0 Å². The van der Waals surface area contributed by atoms with Gasteiger partial charge in [-0.2, -0.15) is 0 Å². The highest BCUT2D eigenvalue weighted by Gasteiger charge is 2.28. The molecule has 4 heteroatoms. The van der Waals surface area contributed by atoms with Crippen molar-refractivity contribution < 1.29 is 9.21 Å². The van der Waals surface area contributed by atoms with Gasteiger partial charge in [-0.1, -0.05) is 0 Å². The summed E-state index contributed by atoms with van der Waals surface area (Å²) >= 11 is 0. The van der Waals surface area contributed by atoms with Crippen LogP contribution < -0.4 is 5.32 Å². The molecule has 0 saturated heterocycles. The number of hydrogen-bond donors (Lipinski definition) is 1. The van der Waals surface area contributed by atoms with E-state index >= 15 is 0 Å². The summed E-state index contributed by atoms with van der Waals surface area (Å²) in [5.41, 5.74) is 4.01. The molecule has 1 N–H and O–H groups in total. The second-order valence-corrected chi connectivity index (χ2v) is 5.20. The number of carbonyl (C=O) groups excluding carboxylic acids is 1. The van der Waals surface area contributed by atoms with Crippen molar-refractivity contribution >= 4 is 5.91 Å². The average molecular weight is 258 g/mol. The molecule has 1 aliphatic carbocycles. The maximum atomic E-state index is 12.2. The molecule has 0 bridgehead atoms. The molecule has 0 unspecified atom stereocenters. The van der Waals surface area contributed by atoms with E-state index in [9.17, 15) is 4.79 Å². The zero-order valence-electron chi connectivity index (χ0n) is 11.3. The quantitative estimate of drug-likeness (QED) is 0.916. The summed E-state index contributed by atoms with van der Waals surface area (Å²) in [5, 5.41) is 2.93. The minimum absolute atomic E-state index is 0.0128. The zero-order valence-corrected chi connectivity index (χ0v) is 11.3. The summed E-state index contributed by atoms with van der Waals surface area (Å²) in [5.74, 6) is -0.0128. The summed E-state index contributed by atoms with van der Waals surface area (Å²) in [6, 6.07) is 4.45. The van der Waals surface area contributed by atoms with Crippen molar-refractivity contribution in [3.8, 4) is 0 Å². The van der Waals surface area contributed by atoms with Crippen LogP contribution in [0.2, 0.25) is 0 Å². The van der Waals surface area contributed by atoms with E-state index in [1.165, 1.54) is 18.5 Å². The number of rotatable bonds is 4. The lowest BCUT2D eigenvalue weighted by Crippen LogP contribution is -2.23. The highest BCUT2D eigenvalue weighted by Crippen LogP contribution is 2.38. The number of nitrogens with zero attached hydrogens (tertiary/aromatic N) is 1. The van der Waals surface area contributed by atoms with Crippen LogP contribution in [0.1, 0.15) is 46.2 Å². The molecule has 1 fully saturated rings. The van der Waals surface area contributed by atoms with Gasteiger partial charge in [0.05, 0.1) is 18.1 Å². The van der Waals surface area contributed by atoms with E-state index in [0.29, 0.717) is 12.6 Å². The monoisotopic (exact) mass is 258 g/mol. The molecule has 1 saturated carbocycles. The van der Waals surface area contributed by atoms with Crippen molar-refractivity contribution in [2.45, 2.75) is 39.3 Å². The van der Waals surface area contributed by atoms with Crippen LogP contribution in [0.4, 0.5) is 0 Å². The van der Waals surface area contributed by atoms with Gasteiger partial charge >= 0.3 is 0 Å². The van der Waals surface area contributed by atoms with Crippen molar-refractivity contribution in [1.82, 2.24) is 9.88 Å². The zero-order chi connectivity index (χ0) is 13.4. The summed E-state index contributed by atoms with van der Waals surface area (Å²) in [6.07, 6.45) is 5.72. The Morgan fingerprint density at radius 1 is 1.47 bits per heavy atom. The van der Waals surface area contributed by atoms with Crippen molar-refractivity contribution in [3.63, 3.8) is 0 Å². The fourth-order valence-electron chi connectivity index (χ4n) is 2.57. The second-order valence-electron chi connectivity index (χ2n) is 5.20. The molecule has 100 valence electrons. The summed E-state index contributed by atoms with van der Waals surface area (Å²) in [6.45, 7) is 4.60. The Morgan fingerprint density at radius 3 is 2.89 bits per heavy atom. The molecule has 2 aromatic rings. The third-order valence-electron chi connectivity index (χ3n) is 3.67. The minimum Gasteiger partial charge on any atom is -0.472 e. The Labute approximate surface area is 112 Å². The minimum atomic E-state index is -0.0128. The van der Waals surface area contributed by atoms with Gasteiger partial charge in [0.15, 0.2) is 0 Å². The number of aromatic nitrogens is 1. The van der Waals surface area contributed by atoms with Crippen LogP contribution in [0.15, 0.2) is 29.1 Å². The predicted molar refractivity (Wildman–Crippen MR) is 72.1 cm³/mol. The first-order valence-electron chi connectivity index (χ1n) is 6.64. The first-order valence-corrected chi connectivity index (χ1v) is 6.64. The molecule has 19 heavy (non-hydrogen) atoms. The van der Waals surface area contributed by atoms with Crippen LogP contribution in [-0.4, -0.2) is 10.5 Å². The van der Waals surface area contributed by atoms with E-state index in [0.717, 1.165) is 16.8 Å². The maximum absolute atomic E-state index is 12.2. The number of nitrogens with one attached hydrogen (secondary N) is 1. The molecule has 0 radical (unpaired) electrons. The van der Waals surface area contributed by atoms with E-state index < -0.39 is 0 Å². The number of amides is 1. The van der Waals surface area contributed by atoms with Crippen LogP contribution in [0.5, 0.6) is 0 Å². The van der Waals surface area contributed by atoms with E-state index in [2.05, 4.69) is 16.8 Å². The lowest BCUT2D eigenvalue weighted by Gasteiger charge is -2.08. The van der Waals surface area contributed by atoms with Crippen LogP contribution in [0.3, 0.4) is 0 Å². The largest absolute Gasteiger partial charge is 0.472 e. The number of hydrogen-bond acceptors (Lipinski definition) is 2. The molecule has 0 spiro atoms. The smallest absolute Gasteiger partial charge is 0.253 e. The molecule has 0 aliphatic heterocycles. The van der Waals surface area contributed by atoms with E-state index in [4.69, 9.17) is 4.42 Å². The van der Waals surface area contributed by atoms with Crippen LogP contribution in [-0.2, 0) is 6.54 Å². The Kier molecular flexibility index (Phi) is 2.93. The molecular weight excluding hydrogens is 240 g/mol. The van der Waals surface area contributed by atoms with Gasteiger partial charge in [0, 0.05) is 29.5 Å². The first kappa shape index (κ1) is 12.1. The normalized spacial score (nSPS) is 14.6. The van der Waals surface area contributed by atoms with Gasteiger partial charge in [0.25, 0.3) is 5.91 Å². The Balaban J connectivity index is 1.74. The highest BCUT2D eigenvalue weighted by atomic mass is 16.3. The summed E-state index contributed by atoms with van der Waals surface area (Å²) < 4.78 is 7.27. The van der Waals surface area contributed by atoms with Gasteiger partial charge in [0.2, 0.25) is 0 Å². The Bertz CT molecular complexity index is 592. The topological polar surface area (TPSA) is 47.2 Å². The third-order valence-corrected chi connectivity index (χ3v) is 3.67. The molecule has 4 nitrogen and oxygen atoms in total. The molecule has 2 heterocycles. The molecule has 0 atom stereocenters. The molecule has 2 aromatic heterocycles. The van der Waals surface area contributed by atoms with Gasteiger partial charge < -0.3 is 14.3 Å². The van der Waals surface area contributed by atoms with Crippen LogP contribution >= 0.6 is 0 Å². The van der Waals surface area contributed by atoms with E-state index in [1.807, 2.05) is 19.1 Å². The van der Waals surface area contributed by atoms with E-state index in [1.54, 1.807) is 12.5 Å². The van der Waals surface area contributed by atoms with Crippen LogP contribution in [0, 0.1) is 13.8 Å².